The molecular weight excluding hydrogens is 230 g/mol. The van der Waals surface area contributed by atoms with E-state index >= 15 is 0 Å². The number of thiophene rings is 1. The van der Waals surface area contributed by atoms with Gasteiger partial charge in [-0.05, 0) is 30.3 Å². The first-order chi connectivity index (χ1) is 7.24. The zero-order valence-corrected chi connectivity index (χ0v) is 9.52. The first kappa shape index (κ1) is 10.3. The third-order valence-electron chi connectivity index (χ3n) is 1.88. The van der Waals surface area contributed by atoms with Crippen molar-refractivity contribution < 1.29 is 4.74 Å². The van der Waals surface area contributed by atoms with Crippen molar-refractivity contribution in [2.75, 3.05) is 5.73 Å². The lowest BCUT2D eigenvalue weighted by atomic mass is 10.3. The molecule has 4 heteroatoms. The number of ether oxygens (including phenoxy) is 1. The van der Waals surface area contributed by atoms with Crippen molar-refractivity contribution in [1.82, 2.24) is 0 Å². The van der Waals surface area contributed by atoms with Gasteiger partial charge < -0.3 is 10.5 Å². The second-order valence-corrected chi connectivity index (χ2v) is 4.52. The largest absolute Gasteiger partial charge is 0.488 e. The average molecular weight is 240 g/mol. The van der Waals surface area contributed by atoms with Crippen LogP contribution in [0.2, 0.25) is 5.02 Å². The molecule has 1 aromatic carbocycles. The molecule has 78 valence electrons. The molecule has 2 nitrogen and oxygen atoms in total. The van der Waals surface area contributed by atoms with E-state index in [1.165, 1.54) is 0 Å². The summed E-state index contributed by atoms with van der Waals surface area (Å²) >= 11 is 7.39. The summed E-state index contributed by atoms with van der Waals surface area (Å²) in [5.74, 6) is 0.814. The first-order valence-electron chi connectivity index (χ1n) is 4.45. The van der Waals surface area contributed by atoms with Gasteiger partial charge in [0.25, 0.3) is 0 Å². The monoisotopic (exact) mass is 239 g/mol. The zero-order valence-electron chi connectivity index (χ0n) is 7.94. The molecule has 0 spiro atoms. The number of hydrogen-bond donors (Lipinski definition) is 1. The van der Waals surface area contributed by atoms with Crippen molar-refractivity contribution in [2.24, 2.45) is 0 Å². The van der Waals surface area contributed by atoms with E-state index < -0.39 is 0 Å². The van der Waals surface area contributed by atoms with Crippen LogP contribution in [0, 0.1) is 0 Å². The van der Waals surface area contributed by atoms with Crippen molar-refractivity contribution in [3.63, 3.8) is 0 Å². The van der Waals surface area contributed by atoms with Gasteiger partial charge in [0, 0.05) is 15.9 Å². The maximum atomic E-state index is 5.80. The number of anilines is 1. The molecule has 2 aromatic rings. The number of nitrogens with two attached hydrogens (primary N) is 1. The lowest BCUT2D eigenvalue weighted by Gasteiger charge is -2.04. The Hall–Kier alpha value is -1.19. The van der Waals surface area contributed by atoms with Gasteiger partial charge in [-0.1, -0.05) is 11.6 Å². The molecule has 0 radical (unpaired) electrons. The highest BCUT2D eigenvalue weighted by molar-refractivity contribution is 7.10. The highest BCUT2D eigenvalue weighted by Crippen LogP contribution is 2.21. The molecule has 0 fully saturated rings. The van der Waals surface area contributed by atoms with Crippen LogP contribution in [0.1, 0.15) is 4.88 Å². The molecule has 0 aliphatic carbocycles. The molecule has 2 N–H and O–H groups in total. The topological polar surface area (TPSA) is 35.2 Å². The third kappa shape index (κ3) is 2.88. The van der Waals surface area contributed by atoms with Gasteiger partial charge in [-0.25, -0.2) is 0 Å². The molecule has 0 aliphatic heterocycles. The number of rotatable bonds is 3. The van der Waals surface area contributed by atoms with E-state index in [0.717, 1.165) is 21.3 Å². The van der Waals surface area contributed by atoms with Gasteiger partial charge in [0.2, 0.25) is 0 Å². The van der Waals surface area contributed by atoms with Crippen molar-refractivity contribution in [2.45, 2.75) is 6.61 Å². The van der Waals surface area contributed by atoms with E-state index in [1.807, 2.05) is 35.7 Å². The Kier molecular flexibility index (Phi) is 3.14. The highest BCUT2D eigenvalue weighted by atomic mass is 35.5. The molecule has 0 saturated carbocycles. The van der Waals surface area contributed by atoms with Crippen LogP contribution in [0.4, 0.5) is 5.69 Å². The Morgan fingerprint density at radius 3 is 2.60 bits per heavy atom. The standard InChI is InChI=1S/C11H10ClNOS/c12-8-5-11(15-7-8)6-14-10-3-1-9(13)2-4-10/h1-5,7H,6,13H2. The summed E-state index contributed by atoms with van der Waals surface area (Å²) in [6.45, 7) is 0.543. The van der Waals surface area contributed by atoms with E-state index in [0.29, 0.717) is 6.61 Å². The molecule has 0 atom stereocenters. The van der Waals surface area contributed by atoms with E-state index in [9.17, 15) is 0 Å². The summed E-state index contributed by atoms with van der Waals surface area (Å²) in [5.41, 5.74) is 6.30. The van der Waals surface area contributed by atoms with Gasteiger partial charge >= 0.3 is 0 Å². The molecule has 0 bridgehead atoms. The van der Waals surface area contributed by atoms with E-state index in [2.05, 4.69) is 0 Å². The van der Waals surface area contributed by atoms with Gasteiger partial charge in [0.1, 0.15) is 12.4 Å². The number of hydrogen-bond acceptors (Lipinski definition) is 3. The fraction of sp³-hybridized carbons (Fsp3) is 0.0909. The van der Waals surface area contributed by atoms with Crippen LogP contribution in [0.3, 0.4) is 0 Å². The smallest absolute Gasteiger partial charge is 0.122 e. The van der Waals surface area contributed by atoms with Gasteiger partial charge in [-0.3, -0.25) is 0 Å². The lowest BCUT2D eigenvalue weighted by Crippen LogP contribution is -1.93. The van der Waals surface area contributed by atoms with Crippen LogP contribution < -0.4 is 10.5 Å². The minimum atomic E-state index is 0.543. The Balaban J connectivity index is 1.96. The Morgan fingerprint density at radius 2 is 2.00 bits per heavy atom. The molecule has 15 heavy (non-hydrogen) atoms. The molecule has 1 aromatic heterocycles. The second kappa shape index (κ2) is 4.55. The summed E-state index contributed by atoms with van der Waals surface area (Å²) in [5, 5.41) is 2.65. The van der Waals surface area contributed by atoms with Gasteiger partial charge in [-0.2, -0.15) is 0 Å². The number of halogens is 1. The van der Waals surface area contributed by atoms with Crippen LogP contribution >= 0.6 is 22.9 Å². The first-order valence-corrected chi connectivity index (χ1v) is 5.71. The molecule has 0 aliphatic rings. The minimum Gasteiger partial charge on any atom is -0.488 e. The predicted octanol–water partition coefficient (Wildman–Crippen LogP) is 3.56. The van der Waals surface area contributed by atoms with E-state index in [4.69, 9.17) is 22.1 Å². The third-order valence-corrected chi connectivity index (χ3v) is 3.14. The summed E-state index contributed by atoms with van der Waals surface area (Å²) in [7, 11) is 0. The summed E-state index contributed by atoms with van der Waals surface area (Å²) < 4.78 is 5.56. The summed E-state index contributed by atoms with van der Waals surface area (Å²) in [6.07, 6.45) is 0. The van der Waals surface area contributed by atoms with Crippen molar-refractivity contribution >= 4 is 28.6 Å². The number of benzene rings is 1. The SMILES string of the molecule is Nc1ccc(OCc2cc(Cl)cs2)cc1. The predicted molar refractivity (Wildman–Crippen MR) is 64.5 cm³/mol. The molecule has 0 saturated heterocycles. The fourth-order valence-corrected chi connectivity index (χ4v) is 2.13. The highest BCUT2D eigenvalue weighted by Gasteiger charge is 1.99. The molecule has 2 rings (SSSR count). The quantitative estimate of drug-likeness (QED) is 0.832. The lowest BCUT2D eigenvalue weighted by molar-refractivity contribution is 0.310. The Labute approximate surface area is 97.3 Å². The molecule has 0 unspecified atom stereocenters. The van der Waals surface area contributed by atoms with E-state index in [-0.39, 0.29) is 0 Å². The second-order valence-electron chi connectivity index (χ2n) is 3.09. The summed E-state index contributed by atoms with van der Waals surface area (Å²) in [4.78, 5) is 1.11. The zero-order chi connectivity index (χ0) is 10.7. The van der Waals surface area contributed by atoms with E-state index in [1.54, 1.807) is 11.3 Å². The Morgan fingerprint density at radius 1 is 1.27 bits per heavy atom. The van der Waals surface area contributed by atoms with Crippen LogP contribution in [0.5, 0.6) is 5.75 Å². The van der Waals surface area contributed by atoms with Gasteiger partial charge in [0.15, 0.2) is 0 Å². The van der Waals surface area contributed by atoms with Crippen molar-refractivity contribution in [3.8, 4) is 5.75 Å². The van der Waals surface area contributed by atoms with Crippen LogP contribution in [0.25, 0.3) is 0 Å². The molecular formula is C11H10ClNOS. The fourth-order valence-electron chi connectivity index (χ4n) is 1.15. The maximum Gasteiger partial charge on any atom is 0.122 e. The van der Waals surface area contributed by atoms with Crippen LogP contribution in [-0.2, 0) is 6.61 Å². The normalized spacial score (nSPS) is 10.2. The molecule has 1 heterocycles. The number of nitrogen functional groups attached to an aromatic ring is 1. The molecule has 0 amide bonds. The Bertz CT molecular complexity index is 438. The maximum absolute atomic E-state index is 5.80. The summed E-state index contributed by atoms with van der Waals surface area (Å²) in [6, 6.07) is 9.24. The van der Waals surface area contributed by atoms with Crippen molar-refractivity contribution in [3.05, 3.63) is 45.6 Å². The average Bonchev–Trinajstić information content (AvgIpc) is 2.64. The van der Waals surface area contributed by atoms with Gasteiger partial charge in [-0.15, -0.1) is 11.3 Å². The van der Waals surface area contributed by atoms with Crippen LogP contribution in [-0.4, -0.2) is 0 Å². The van der Waals surface area contributed by atoms with Gasteiger partial charge in [0.05, 0.1) is 5.02 Å². The van der Waals surface area contributed by atoms with Crippen LogP contribution in [0.15, 0.2) is 35.7 Å². The minimum absolute atomic E-state index is 0.543. The van der Waals surface area contributed by atoms with Crippen molar-refractivity contribution in [1.29, 1.82) is 0 Å².